The number of carbonyl (C=O) groups excluding carboxylic acids is 2. The van der Waals surface area contributed by atoms with Gasteiger partial charge in [-0.05, 0) is 43.7 Å². The first kappa shape index (κ1) is 16.0. The van der Waals surface area contributed by atoms with Crippen LogP contribution in [0.5, 0.6) is 0 Å². The third-order valence-electron chi connectivity index (χ3n) is 3.12. The van der Waals surface area contributed by atoms with Crippen molar-refractivity contribution in [1.82, 2.24) is 0 Å². The Labute approximate surface area is 134 Å². The van der Waals surface area contributed by atoms with Crippen LogP contribution in [0.1, 0.15) is 33.2 Å². The molecule has 0 radical (unpaired) electrons. The highest BCUT2D eigenvalue weighted by Gasteiger charge is 2.13. The average Bonchev–Trinajstić information content (AvgIpc) is 2.50. The summed E-state index contributed by atoms with van der Waals surface area (Å²) < 4.78 is 4.96. The van der Waals surface area contributed by atoms with Crippen LogP contribution < -0.4 is 5.32 Å². The lowest BCUT2D eigenvalue weighted by molar-refractivity contribution is 0.0526. The Kier molecular flexibility index (Phi) is 5.17. The summed E-state index contributed by atoms with van der Waals surface area (Å²) in [6.45, 7) is 3.89. The van der Waals surface area contributed by atoms with E-state index in [9.17, 15) is 9.59 Å². The number of nitrogens with one attached hydrogen (secondary N) is 1. The number of aryl methyl sites for hydroxylation is 1. The summed E-state index contributed by atoms with van der Waals surface area (Å²) in [6.07, 6.45) is 0. The number of halogens is 1. The van der Waals surface area contributed by atoms with Gasteiger partial charge >= 0.3 is 5.97 Å². The monoisotopic (exact) mass is 317 g/mol. The number of esters is 1. The van der Waals surface area contributed by atoms with Gasteiger partial charge in [-0.25, -0.2) is 4.79 Å². The second kappa shape index (κ2) is 7.09. The van der Waals surface area contributed by atoms with Gasteiger partial charge in [0.1, 0.15) is 0 Å². The molecule has 2 aromatic rings. The number of ether oxygens (including phenoxy) is 1. The summed E-state index contributed by atoms with van der Waals surface area (Å²) in [5.41, 5.74) is 2.16. The van der Waals surface area contributed by atoms with E-state index in [4.69, 9.17) is 16.3 Å². The van der Waals surface area contributed by atoms with Gasteiger partial charge in [-0.15, -0.1) is 0 Å². The Morgan fingerprint density at radius 1 is 1.18 bits per heavy atom. The Balaban J connectivity index is 2.25. The molecule has 0 aliphatic heterocycles. The summed E-state index contributed by atoms with van der Waals surface area (Å²) in [6, 6.07) is 11.8. The molecule has 0 atom stereocenters. The molecule has 0 aromatic heterocycles. The van der Waals surface area contributed by atoms with Crippen molar-refractivity contribution in [3.63, 3.8) is 0 Å². The highest BCUT2D eigenvalue weighted by atomic mass is 35.5. The van der Waals surface area contributed by atoms with E-state index in [0.717, 1.165) is 5.56 Å². The van der Waals surface area contributed by atoms with Crippen LogP contribution in [0.25, 0.3) is 0 Å². The molecule has 1 amide bonds. The van der Waals surface area contributed by atoms with Crippen molar-refractivity contribution in [3.8, 4) is 0 Å². The first-order valence-electron chi connectivity index (χ1n) is 6.86. The fourth-order valence-electron chi connectivity index (χ4n) is 1.93. The van der Waals surface area contributed by atoms with E-state index in [1.165, 1.54) is 0 Å². The van der Waals surface area contributed by atoms with Gasteiger partial charge in [-0.1, -0.05) is 29.8 Å². The van der Waals surface area contributed by atoms with Crippen LogP contribution in [0.4, 0.5) is 5.69 Å². The lowest BCUT2D eigenvalue weighted by Gasteiger charge is -2.11. The smallest absolute Gasteiger partial charge is 0.338 e. The van der Waals surface area contributed by atoms with Crippen LogP contribution in [0.2, 0.25) is 5.02 Å². The van der Waals surface area contributed by atoms with Crippen molar-refractivity contribution in [3.05, 3.63) is 64.2 Å². The van der Waals surface area contributed by atoms with Crippen LogP contribution in [0, 0.1) is 6.92 Å². The Bertz CT molecular complexity index is 713. The summed E-state index contributed by atoms with van der Waals surface area (Å²) in [5.74, 6) is -0.745. The zero-order valence-electron chi connectivity index (χ0n) is 12.4. The fourth-order valence-corrected chi connectivity index (χ4v) is 2.15. The van der Waals surface area contributed by atoms with Crippen molar-refractivity contribution in [2.24, 2.45) is 0 Å². The standard InChI is InChI=1S/C17H16ClNO3/c1-3-22-17(21)12-9-8-11(2)15(10-12)19-16(20)13-6-4-5-7-14(13)18/h4-10H,3H2,1-2H3,(H,19,20). The van der Waals surface area contributed by atoms with Gasteiger partial charge in [0.2, 0.25) is 0 Å². The van der Waals surface area contributed by atoms with Crippen LogP contribution in [0.15, 0.2) is 42.5 Å². The molecule has 0 bridgehead atoms. The zero-order valence-corrected chi connectivity index (χ0v) is 13.1. The fraction of sp³-hybridized carbons (Fsp3) is 0.176. The number of carbonyl (C=O) groups is 2. The molecule has 1 N–H and O–H groups in total. The number of rotatable bonds is 4. The molecule has 0 fully saturated rings. The normalized spacial score (nSPS) is 10.1. The minimum Gasteiger partial charge on any atom is -0.462 e. The molecule has 5 heteroatoms. The molecule has 0 aliphatic carbocycles. The van der Waals surface area contributed by atoms with Gasteiger partial charge in [0.05, 0.1) is 22.8 Å². The van der Waals surface area contributed by atoms with E-state index in [1.807, 2.05) is 6.92 Å². The minimum absolute atomic E-state index is 0.300. The lowest BCUT2D eigenvalue weighted by atomic mass is 10.1. The van der Waals surface area contributed by atoms with Crippen molar-refractivity contribution >= 4 is 29.2 Å². The minimum atomic E-state index is -0.421. The first-order valence-corrected chi connectivity index (χ1v) is 7.24. The predicted molar refractivity (Wildman–Crippen MR) is 86.5 cm³/mol. The molecule has 0 unspecified atom stereocenters. The van der Waals surface area contributed by atoms with Gasteiger partial charge < -0.3 is 10.1 Å². The second-order valence-electron chi connectivity index (χ2n) is 4.68. The van der Waals surface area contributed by atoms with Crippen LogP contribution in [-0.2, 0) is 4.74 Å². The average molecular weight is 318 g/mol. The van der Waals surface area contributed by atoms with Crippen molar-refractivity contribution in [2.75, 3.05) is 11.9 Å². The summed E-state index contributed by atoms with van der Waals surface area (Å²) in [5, 5.41) is 3.15. The number of hydrogen-bond donors (Lipinski definition) is 1. The zero-order chi connectivity index (χ0) is 16.1. The van der Waals surface area contributed by atoms with Gasteiger partial charge in [-0.3, -0.25) is 4.79 Å². The quantitative estimate of drug-likeness (QED) is 0.864. The van der Waals surface area contributed by atoms with Gasteiger partial charge in [0.25, 0.3) is 5.91 Å². The van der Waals surface area contributed by atoms with Crippen molar-refractivity contribution in [2.45, 2.75) is 13.8 Å². The molecular weight excluding hydrogens is 302 g/mol. The van der Waals surface area contributed by atoms with E-state index >= 15 is 0 Å². The molecule has 0 heterocycles. The maximum atomic E-state index is 12.3. The van der Waals surface area contributed by atoms with Gasteiger partial charge in [0.15, 0.2) is 0 Å². The Morgan fingerprint density at radius 3 is 2.59 bits per heavy atom. The Hall–Kier alpha value is -2.33. The lowest BCUT2D eigenvalue weighted by Crippen LogP contribution is -2.14. The Morgan fingerprint density at radius 2 is 1.91 bits per heavy atom. The van der Waals surface area contributed by atoms with Crippen LogP contribution in [-0.4, -0.2) is 18.5 Å². The molecule has 0 saturated carbocycles. The number of hydrogen-bond acceptors (Lipinski definition) is 3. The summed E-state index contributed by atoms with van der Waals surface area (Å²) in [7, 11) is 0. The number of amides is 1. The molecule has 4 nitrogen and oxygen atoms in total. The predicted octanol–water partition coefficient (Wildman–Crippen LogP) is 4.08. The number of benzene rings is 2. The first-order chi connectivity index (χ1) is 10.5. The third-order valence-corrected chi connectivity index (χ3v) is 3.44. The molecule has 2 aromatic carbocycles. The number of anilines is 1. The van der Waals surface area contributed by atoms with Gasteiger partial charge in [-0.2, -0.15) is 0 Å². The van der Waals surface area contributed by atoms with E-state index in [0.29, 0.717) is 28.4 Å². The van der Waals surface area contributed by atoms with E-state index in [2.05, 4.69) is 5.32 Å². The molecule has 0 aliphatic rings. The van der Waals surface area contributed by atoms with Gasteiger partial charge in [0, 0.05) is 5.69 Å². The second-order valence-corrected chi connectivity index (χ2v) is 5.09. The van der Waals surface area contributed by atoms with E-state index in [1.54, 1.807) is 49.4 Å². The largest absolute Gasteiger partial charge is 0.462 e. The molecule has 22 heavy (non-hydrogen) atoms. The van der Waals surface area contributed by atoms with Crippen molar-refractivity contribution in [1.29, 1.82) is 0 Å². The SMILES string of the molecule is CCOC(=O)c1ccc(C)c(NC(=O)c2ccccc2Cl)c1. The highest BCUT2D eigenvalue weighted by molar-refractivity contribution is 6.34. The third kappa shape index (κ3) is 3.65. The highest BCUT2D eigenvalue weighted by Crippen LogP contribution is 2.21. The molecule has 0 saturated heterocycles. The van der Waals surface area contributed by atoms with Crippen molar-refractivity contribution < 1.29 is 14.3 Å². The molecule has 114 valence electrons. The van der Waals surface area contributed by atoms with E-state index < -0.39 is 5.97 Å². The molecule has 2 rings (SSSR count). The van der Waals surface area contributed by atoms with Crippen LogP contribution in [0.3, 0.4) is 0 Å². The maximum absolute atomic E-state index is 12.3. The molecular formula is C17H16ClNO3. The summed E-state index contributed by atoms with van der Waals surface area (Å²) in [4.78, 5) is 24.0. The topological polar surface area (TPSA) is 55.4 Å². The maximum Gasteiger partial charge on any atom is 0.338 e. The molecule has 0 spiro atoms. The van der Waals surface area contributed by atoms with Crippen LogP contribution >= 0.6 is 11.6 Å². The van der Waals surface area contributed by atoms with E-state index in [-0.39, 0.29) is 5.91 Å². The summed E-state index contributed by atoms with van der Waals surface area (Å²) >= 11 is 6.01.